The first-order valence-electron chi connectivity index (χ1n) is 6.93. The van der Waals surface area contributed by atoms with E-state index in [9.17, 15) is 33.3 Å². The number of alkyl halides is 3. The first-order valence-corrected chi connectivity index (χ1v) is 6.93. The third-order valence-electron chi connectivity index (χ3n) is 3.65. The van der Waals surface area contributed by atoms with Crippen molar-refractivity contribution < 1.29 is 43.1 Å². The molecule has 0 aliphatic carbocycles. The second-order valence-electron chi connectivity index (χ2n) is 5.32. The lowest BCUT2D eigenvalue weighted by atomic mass is 9.91. The monoisotopic (exact) mass is 351 g/mol. The minimum absolute atomic E-state index is 0.120. The number of rotatable bonds is 3. The first kappa shape index (κ1) is 18.6. The molecule has 1 aromatic rings. The highest BCUT2D eigenvalue weighted by molar-refractivity contribution is 5.94. The van der Waals surface area contributed by atoms with Crippen LogP contribution in [0.15, 0.2) is 24.3 Å². The summed E-state index contributed by atoms with van der Waals surface area (Å²) in [5, 5.41) is 40.2. The third kappa shape index (κ3) is 3.84. The number of aliphatic hydroxyl groups excluding tert-OH is 4. The molecule has 0 bridgehead atoms. The molecule has 1 aliphatic heterocycles. The first-order chi connectivity index (χ1) is 11.1. The van der Waals surface area contributed by atoms with Crippen molar-refractivity contribution in [3.63, 3.8) is 0 Å². The molecule has 1 aliphatic rings. The Labute approximate surface area is 134 Å². The molecule has 5 atom stereocenters. The maximum absolute atomic E-state index is 12.2. The molecule has 1 amide bonds. The minimum Gasteiger partial charge on any atom is -0.394 e. The fourth-order valence-electron chi connectivity index (χ4n) is 2.34. The zero-order chi connectivity index (χ0) is 18.1. The highest BCUT2D eigenvalue weighted by atomic mass is 19.4. The van der Waals surface area contributed by atoms with Crippen LogP contribution in [0.1, 0.15) is 11.7 Å². The molecule has 7 nitrogen and oxygen atoms in total. The van der Waals surface area contributed by atoms with Gasteiger partial charge < -0.3 is 30.5 Å². The van der Waals surface area contributed by atoms with Gasteiger partial charge in [0.2, 0.25) is 0 Å². The molecular formula is C14H16F3NO6. The molecule has 1 fully saturated rings. The molecule has 5 N–H and O–H groups in total. The number of amides is 1. The number of hydrogen-bond donors (Lipinski definition) is 5. The highest BCUT2D eigenvalue weighted by Crippen LogP contribution is 2.33. The van der Waals surface area contributed by atoms with E-state index in [1.165, 1.54) is 24.3 Å². The van der Waals surface area contributed by atoms with E-state index in [1.54, 1.807) is 5.32 Å². The standard InChI is InChI=1S/C14H16F3NO6/c15-14(16,17)13(23)18-7-3-1-6(2-4-7)12-11(22)10(21)9(20)8(5-19)24-12/h1-4,8-12,19-22H,5H2,(H,18,23)/t8-,9+,10+,11-,12?/m1/s1. The molecule has 1 aromatic carbocycles. The Bertz CT molecular complexity index is 577. The Morgan fingerprint density at radius 3 is 2.17 bits per heavy atom. The maximum Gasteiger partial charge on any atom is 0.471 e. The summed E-state index contributed by atoms with van der Waals surface area (Å²) >= 11 is 0. The summed E-state index contributed by atoms with van der Waals surface area (Å²) in [4.78, 5) is 10.8. The van der Waals surface area contributed by atoms with Crippen LogP contribution in [-0.4, -0.2) is 63.5 Å². The average Bonchev–Trinajstić information content (AvgIpc) is 2.53. The predicted octanol–water partition coefficient (Wildman–Crippen LogP) is -0.298. The lowest BCUT2D eigenvalue weighted by molar-refractivity contribution is -0.231. The maximum atomic E-state index is 12.2. The third-order valence-corrected chi connectivity index (χ3v) is 3.65. The Balaban J connectivity index is 2.13. The van der Waals surface area contributed by atoms with Crippen molar-refractivity contribution in [3.05, 3.63) is 29.8 Å². The molecule has 1 unspecified atom stereocenters. The summed E-state index contributed by atoms with van der Waals surface area (Å²) in [5.41, 5.74) is 0.169. The van der Waals surface area contributed by atoms with Gasteiger partial charge in [0, 0.05) is 5.69 Å². The highest BCUT2D eigenvalue weighted by Gasteiger charge is 2.44. The topological polar surface area (TPSA) is 119 Å². The van der Waals surface area contributed by atoms with E-state index in [4.69, 9.17) is 9.84 Å². The Hall–Kier alpha value is -1.72. The lowest BCUT2D eigenvalue weighted by Crippen LogP contribution is -2.55. The van der Waals surface area contributed by atoms with Crippen molar-refractivity contribution >= 4 is 11.6 Å². The van der Waals surface area contributed by atoms with Gasteiger partial charge >= 0.3 is 12.1 Å². The summed E-state index contributed by atoms with van der Waals surface area (Å²) in [6.07, 6.45) is -11.8. The van der Waals surface area contributed by atoms with Gasteiger partial charge in [0.1, 0.15) is 30.5 Å². The molecule has 10 heteroatoms. The number of aliphatic hydroxyl groups is 4. The Kier molecular flexibility index (Phi) is 5.45. The molecule has 0 radical (unpaired) electrons. The predicted molar refractivity (Wildman–Crippen MR) is 73.8 cm³/mol. The number of hydrogen-bond acceptors (Lipinski definition) is 6. The smallest absolute Gasteiger partial charge is 0.394 e. The number of anilines is 1. The second-order valence-corrected chi connectivity index (χ2v) is 5.32. The molecule has 134 valence electrons. The molecule has 24 heavy (non-hydrogen) atoms. The van der Waals surface area contributed by atoms with Crippen molar-refractivity contribution in [1.82, 2.24) is 0 Å². The SMILES string of the molecule is O=C(Nc1ccc(C2O[C@H](CO)[C@H](O)[C@H](O)[C@H]2O)cc1)C(F)(F)F. The van der Waals surface area contributed by atoms with Gasteiger partial charge in [-0.2, -0.15) is 13.2 Å². The van der Waals surface area contributed by atoms with Gasteiger partial charge in [0.25, 0.3) is 0 Å². The van der Waals surface area contributed by atoms with Crippen LogP contribution in [0.4, 0.5) is 18.9 Å². The van der Waals surface area contributed by atoms with Crippen LogP contribution in [0.5, 0.6) is 0 Å². The van der Waals surface area contributed by atoms with Gasteiger partial charge in [-0.3, -0.25) is 4.79 Å². The fraction of sp³-hybridized carbons (Fsp3) is 0.500. The number of nitrogens with one attached hydrogen (secondary N) is 1. The summed E-state index contributed by atoms with van der Waals surface area (Å²) in [5.74, 6) is -2.12. The van der Waals surface area contributed by atoms with Crippen molar-refractivity contribution in [3.8, 4) is 0 Å². The Morgan fingerprint density at radius 2 is 1.67 bits per heavy atom. The van der Waals surface area contributed by atoms with Crippen LogP contribution in [0.3, 0.4) is 0 Å². The molecule has 2 rings (SSSR count). The van der Waals surface area contributed by atoms with Crippen LogP contribution in [0.2, 0.25) is 0 Å². The van der Waals surface area contributed by atoms with Gasteiger partial charge in [-0.05, 0) is 17.7 Å². The largest absolute Gasteiger partial charge is 0.471 e. The van der Waals surface area contributed by atoms with Crippen molar-refractivity contribution in [2.45, 2.75) is 36.7 Å². The number of benzene rings is 1. The van der Waals surface area contributed by atoms with Gasteiger partial charge in [0.05, 0.1) is 6.61 Å². The molecule has 1 heterocycles. The average molecular weight is 351 g/mol. The quantitative estimate of drug-likeness (QED) is 0.510. The lowest BCUT2D eigenvalue weighted by Gasteiger charge is -2.40. The van der Waals surface area contributed by atoms with E-state index in [0.29, 0.717) is 0 Å². The second kappa shape index (κ2) is 7.03. The fourth-order valence-corrected chi connectivity index (χ4v) is 2.34. The van der Waals surface area contributed by atoms with E-state index >= 15 is 0 Å². The van der Waals surface area contributed by atoms with E-state index in [0.717, 1.165) is 0 Å². The van der Waals surface area contributed by atoms with Crippen LogP contribution in [-0.2, 0) is 9.53 Å². The normalized spacial score (nSPS) is 30.9. The zero-order valence-electron chi connectivity index (χ0n) is 12.1. The minimum atomic E-state index is -5.02. The molecule has 1 saturated heterocycles. The van der Waals surface area contributed by atoms with E-state index in [1.807, 2.05) is 0 Å². The van der Waals surface area contributed by atoms with Gasteiger partial charge in [-0.1, -0.05) is 12.1 Å². The number of ether oxygens (including phenoxy) is 1. The summed E-state index contributed by atoms with van der Waals surface area (Å²) in [7, 11) is 0. The zero-order valence-corrected chi connectivity index (χ0v) is 12.1. The number of carbonyl (C=O) groups is 1. The molecule has 0 aromatic heterocycles. The van der Waals surface area contributed by atoms with Crippen LogP contribution < -0.4 is 5.32 Å². The Morgan fingerprint density at radius 1 is 1.08 bits per heavy atom. The van der Waals surface area contributed by atoms with Crippen molar-refractivity contribution in [2.75, 3.05) is 11.9 Å². The van der Waals surface area contributed by atoms with Crippen LogP contribution >= 0.6 is 0 Å². The van der Waals surface area contributed by atoms with Gasteiger partial charge in [-0.15, -0.1) is 0 Å². The summed E-state index contributed by atoms with van der Waals surface area (Å²) < 4.78 is 41.8. The van der Waals surface area contributed by atoms with E-state index < -0.39 is 49.2 Å². The van der Waals surface area contributed by atoms with Gasteiger partial charge in [0.15, 0.2) is 0 Å². The van der Waals surface area contributed by atoms with Crippen molar-refractivity contribution in [1.29, 1.82) is 0 Å². The summed E-state index contributed by atoms with van der Waals surface area (Å²) in [6.45, 7) is -0.596. The van der Waals surface area contributed by atoms with E-state index in [-0.39, 0.29) is 11.3 Å². The van der Waals surface area contributed by atoms with Crippen LogP contribution in [0, 0.1) is 0 Å². The molecule has 0 spiro atoms. The van der Waals surface area contributed by atoms with E-state index in [2.05, 4.69) is 0 Å². The van der Waals surface area contributed by atoms with Crippen LogP contribution in [0.25, 0.3) is 0 Å². The molecule has 0 saturated carbocycles. The number of halogens is 3. The molecular weight excluding hydrogens is 335 g/mol. The summed E-state index contributed by atoms with van der Waals surface area (Å²) in [6, 6.07) is 4.91. The van der Waals surface area contributed by atoms with Crippen molar-refractivity contribution in [2.24, 2.45) is 0 Å². The number of carbonyl (C=O) groups excluding carboxylic acids is 1. The van der Waals surface area contributed by atoms with Gasteiger partial charge in [-0.25, -0.2) is 0 Å².